The van der Waals surface area contributed by atoms with Crippen molar-refractivity contribution < 1.29 is 4.79 Å². The van der Waals surface area contributed by atoms with E-state index in [1.807, 2.05) is 18.2 Å². The van der Waals surface area contributed by atoms with Gasteiger partial charge in [-0.05, 0) is 31.2 Å². The largest absolute Gasteiger partial charge is 0.291 e. The number of aromatic nitrogens is 2. The van der Waals surface area contributed by atoms with Gasteiger partial charge in [-0.3, -0.25) is 14.2 Å². The first-order valence-corrected chi connectivity index (χ1v) is 10.9. The van der Waals surface area contributed by atoms with Crippen LogP contribution in [0.4, 0.5) is 0 Å². The van der Waals surface area contributed by atoms with E-state index < -0.39 is 0 Å². The Hall–Kier alpha value is -2.18. The molecule has 1 aromatic carbocycles. The van der Waals surface area contributed by atoms with Crippen LogP contribution < -0.4 is 5.56 Å². The second-order valence-electron chi connectivity index (χ2n) is 6.57. The fraction of sp³-hybridized carbons (Fsp3) is 0.286. The maximum absolute atomic E-state index is 13.2. The molecule has 3 aromatic rings. The summed E-state index contributed by atoms with van der Waals surface area (Å²) in [4.78, 5) is 32.5. The van der Waals surface area contributed by atoms with Crippen LogP contribution in [0.15, 0.2) is 47.8 Å². The third kappa shape index (κ3) is 3.51. The molecular weight excluding hydrogens is 376 g/mol. The van der Waals surface area contributed by atoms with Gasteiger partial charge in [-0.25, -0.2) is 4.98 Å². The van der Waals surface area contributed by atoms with E-state index in [2.05, 4.69) is 6.58 Å². The minimum Gasteiger partial charge on any atom is -0.291 e. The summed E-state index contributed by atoms with van der Waals surface area (Å²) in [7, 11) is 0. The Morgan fingerprint density at radius 3 is 2.81 bits per heavy atom. The number of rotatable bonds is 5. The number of hydrogen-bond acceptors (Lipinski definition) is 5. The van der Waals surface area contributed by atoms with Crippen molar-refractivity contribution in [3.05, 3.63) is 75.2 Å². The van der Waals surface area contributed by atoms with E-state index in [1.165, 1.54) is 28.6 Å². The highest BCUT2D eigenvalue weighted by atomic mass is 32.2. The SMILES string of the molecule is C=CCn1c(CSC(=O)c2ccccc2)nc2sc3c(c2c1=O)CCCC3. The van der Waals surface area contributed by atoms with Gasteiger partial charge in [0.15, 0.2) is 0 Å². The van der Waals surface area contributed by atoms with E-state index in [4.69, 9.17) is 4.98 Å². The van der Waals surface area contributed by atoms with E-state index in [9.17, 15) is 9.59 Å². The predicted molar refractivity (Wildman–Crippen MR) is 113 cm³/mol. The molecule has 2 aromatic heterocycles. The average Bonchev–Trinajstić information content (AvgIpc) is 3.07. The molecule has 0 N–H and O–H groups in total. The number of aryl methyl sites for hydroxylation is 2. The number of benzene rings is 1. The summed E-state index contributed by atoms with van der Waals surface area (Å²) >= 11 is 2.82. The van der Waals surface area contributed by atoms with Crippen LogP contribution in [0, 0.1) is 0 Å². The van der Waals surface area contributed by atoms with Gasteiger partial charge in [-0.1, -0.05) is 48.2 Å². The number of fused-ring (bicyclic) bond motifs is 3. The van der Waals surface area contributed by atoms with E-state index in [0.29, 0.717) is 23.7 Å². The van der Waals surface area contributed by atoms with Crippen LogP contribution in [0.5, 0.6) is 0 Å². The highest BCUT2D eigenvalue weighted by Gasteiger charge is 2.22. The maximum Gasteiger partial charge on any atom is 0.262 e. The maximum atomic E-state index is 13.2. The number of carbonyl (C=O) groups is 1. The lowest BCUT2D eigenvalue weighted by Gasteiger charge is -2.12. The molecule has 4 rings (SSSR count). The van der Waals surface area contributed by atoms with Gasteiger partial charge in [0.25, 0.3) is 5.56 Å². The Bertz CT molecular complexity index is 1070. The molecule has 0 spiro atoms. The van der Waals surface area contributed by atoms with E-state index in [0.717, 1.165) is 29.5 Å². The molecule has 0 saturated carbocycles. The lowest BCUT2D eigenvalue weighted by atomic mass is 9.97. The average molecular weight is 397 g/mol. The Labute approximate surface area is 165 Å². The topological polar surface area (TPSA) is 52.0 Å². The Morgan fingerprint density at radius 2 is 2.04 bits per heavy atom. The number of carbonyl (C=O) groups excluding carboxylic acids is 1. The summed E-state index contributed by atoms with van der Waals surface area (Å²) in [5.41, 5.74) is 1.85. The van der Waals surface area contributed by atoms with E-state index in [-0.39, 0.29) is 10.7 Å². The smallest absolute Gasteiger partial charge is 0.262 e. The third-order valence-corrected chi connectivity index (χ3v) is 6.89. The summed E-state index contributed by atoms with van der Waals surface area (Å²) in [6, 6.07) is 9.19. The van der Waals surface area contributed by atoms with Gasteiger partial charge in [0.05, 0.1) is 11.1 Å². The molecule has 0 radical (unpaired) electrons. The van der Waals surface area contributed by atoms with E-state index in [1.54, 1.807) is 34.1 Å². The lowest BCUT2D eigenvalue weighted by molar-refractivity contribution is 0.108. The van der Waals surface area contributed by atoms with Crippen LogP contribution in [0.1, 0.15) is 39.5 Å². The standard InChI is InChI=1S/C21H20N2O2S2/c1-2-12-23-17(13-26-21(25)14-8-4-3-5-9-14)22-19-18(20(23)24)15-10-6-7-11-16(15)27-19/h2-5,8-9H,1,6-7,10-13H2. The van der Waals surface area contributed by atoms with Crippen molar-refractivity contribution >= 4 is 38.4 Å². The minimum absolute atomic E-state index is 0.00191. The molecule has 1 aliphatic carbocycles. The molecule has 0 saturated heterocycles. The van der Waals surface area contributed by atoms with Gasteiger partial charge in [0, 0.05) is 17.0 Å². The zero-order valence-corrected chi connectivity index (χ0v) is 16.6. The molecule has 0 amide bonds. The molecule has 0 atom stereocenters. The molecule has 4 nitrogen and oxygen atoms in total. The number of hydrogen-bond donors (Lipinski definition) is 0. The first-order valence-electron chi connectivity index (χ1n) is 9.06. The van der Waals surface area contributed by atoms with Crippen molar-refractivity contribution in [1.82, 2.24) is 9.55 Å². The second-order valence-corrected chi connectivity index (χ2v) is 8.60. The molecule has 6 heteroatoms. The fourth-order valence-corrected chi connectivity index (χ4v) is 5.55. The Morgan fingerprint density at radius 1 is 1.26 bits per heavy atom. The summed E-state index contributed by atoms with van der Waals surface area (Å²) in [6.45, 7) is 4.18. The Balaban J connectivity index is 1.71. The summed E-state index contributed by atoms with van der Waals surface area (Å²) in [5, 5.41) is 0.764. The third-order valence-electron chi connectivity index (χ3n) is 4.81. The monoisotopic (exact) mass is 396 g/mol. The molecular formula is C21H20N2O2S2. The molecule has 0 unspecified atom stereocenters. The quantitative estimate of drug-likeness (QED) is 0.592. The number of thiophene rings is 1. The number of allylic oxidation sites excluding steroid dienone is 1. The fourth-order valence-electron chi connectivity index (χ4n) is 3.50. The highest BCUT2D eigenvalue weighted by Crippen LogP contribution is 2.34. The Kier molecular flexibility index (Phi) is 5.27. The van der Waals surface area contributed by atoms with Crippen molar-refractivity contribution in [2.75, 3.05) is 0 Å². The molecule has 0 bridgehead atoms. The van der Waals surface area contributed by atoms with Gasteiger partial charge < -0.3 is 0 Å². The molecule has 1 aliphatic rings. The van der Waals surface area contributed by atoms with E-state index >= 15 is 0 Å². The van der Waals surface area contributed by atoms with Crippen molar-refractivity contribution in [3.8, 4) is 0 Å². The predicted octanol–water partition coefficient (Wildman–Crippen LogP) is 4.60. The van der Waals surface area contributed by atoms with Crippen molar-refractivity contribution in [2.24, 2.45) is 0 Å². The van der Waals surface area contributed by atoms with Crippen LogP contribution >= 0.6 is 23.1 Å². The summed E-state index contributed by atoms with van der Waals surface area (Å²) in [5.74, 6) is 1.01. The van der Waals surface area contributed by atoms with Crippen LogP contribution in [0.2, 0.25) is 0 Å². The molecule has 0 aliphatic heterocycles. The molecule has 0 fully saturated rings. The lowest BCUT2D eigenvalue weighted by Crippen LogP contribution is -2.25. The number of nitrogens with zero attached hydrogens (tertiary/aromatic N) is 2. The first kappa shape index (κ1) is 18.2. The van der Waals surface area contributed by atoms with Gasteiger partial charge in [0.1, 0.15) is 10.7 Å². The summed E-state index contributed by atoms with van der Waals surface area (Å²) < 4.78 is 1.67. The van der Waals surface area contributed by atoms with Crippen LogP contribution in [0.25, 0.3) is 10.2 Å². The number of thioether (sulfide) groups is 1. The molecule has 27 heavy (non-hydrogen) atoms. The van der Waals surface area contributed by atoms with Crippen LogP contribution in [-0.4, -0.2) is 14.7 Å². The van der Waals surface area contributed by atoms with Crippen molar-refractivity contribution in [2.45, 2.75) is 38.0 Å². The molecule has 138 valence electrons. The first-order chi connectivity index (χ1) is 13.2. The zero-order chi connectivity index (χ0) is 18.8. The van der Waals surface area contributed by atoms with Crippen LogP contribution in [0.3, 0.4) is 0 Å². The van der Waals surface area contributed by atoms with Gasteiger partial charge in [0.2, 0.25) is 5.12 Å². The highest BCUT2D eigenvalue weighted by molar-refractivity contribution is 8.13. The second kappa shape index (κ2) is 7.82. The van der Waals surface area contributed by atoms with Crippen LogP contribution in [-0.2, 0) is 25.1 Å². The summed E-state index contributed by atoms with van der Waals surface area (Å²) in [6.07, 6.45) is 6.01. The van der Waals surface area contributed by atoms with Crippen molar-refractivity contribution in [3.63, 3.8) is 0 Å². The van der Waals surface area contributed by atoms with Crippen molar-refractivity contribution in [1.29, 1.82) is 0 Å². The zero-order valence-electron chi connectivity index (χ0n) is 14.9. The minimum atomic E-state index is -0.0134. The molecule has 2 heterocycles. The van der Waals surface area contributed by atoms with Gasteiger partial charge in [-0.15, -0.1) is 17.9 Å². The van der Waals surface area contributed by atoms with Gasteiger partial charge in [-0.2, -0.15) is 0 Å². The normalized spacial score (nSPS) is 13.5. The van der Waals surface area contributed by atoms with Gasteiger partial charge >= 0.3 is 0 Å².